The largest absolute Gasteiger partial charge is 0.341 e. The Labute approximate surface area is 105 Å². The van der Waals surface area contributed by atoms with Gasteiger partial charge in [-0.05, 0) is 29.5 Å². The molecule has 0 aromatic heterocycles. The molecule has 1 aromatic rings. The van der Waals surface area contributed by atoms with Crippen LogP contribution in [0, 0.1) is 5.92 Å². The molecule has 0 fully saturated rings. The number of rotatable bonds is 4. The molecular weight excluding hydrogens is 210 g/mol. The zero-order valence-corrected chi connectivity index (χ0v) is 11.5. The lowest BCUT2D eigenvalue weighted by Crippen LogP contribution is -2.30. The number of hydrogen-bond acceptors (Lipinski definition) is 1. The van der Waals surface area contributed by atoms with Crippen molar-refractivity contribution in [2.24, 2.45) is 5.92 Å². The first kappa shape index (κ1) is 13.8. The lowest BCUT2D eigenvalue weighted by Gasteiger charge is -2.19. The van der Waals surface area contributed by atoms with E-state index in [-0.39, 0.29) is 5.91 Å². The Balaban J connectivity index is 2.76. The van der Waals surface area contributed by atoms with Crippen LogP contribution in [-0.4, -0.2) is 24.4 Å². The van der Waals surface area contributed by atoms with Gasteiger partial charge in [0.15, 0.2) is 0 Å². The maximum Gasteiger partial charge on any atom is 0.253 e. The quantitative estimate of drug-likeness (QED) is 0.779. The zero-order chi connectivity index (χ0) is 13.0. The predicted molar refractivity (Wildman–Crippen MR) is 72.3 cm³/mol. The molecule has 2 heteroatoms. The fourth-order valence-electron chi connectivity index (χ4n) is 1.86. The molecule has 1 amide bonds. The van der Waals surface area contributed by atoms with Gasteiger partial charge in [-0.2, -0.15) is 0 Å². The third kappa shape index (κ3) is 3.88. The first-order chi connectivity index (χ1) is 7.91. The van der Waals surface area contributed by atoms with Crippen molar-refractivity contribution in [1.29, 1.82) is 0 Å². The van der Waals surface area contributed by atoms with Crippen LogP contribution in [0.2, 0.25) is 0 Å². The molecule has 0 spiro atoms. The number of hydrogen-bond donors (Lipinski definition) is 0. The van der Waals surface area contributed by atoms with E-state index in [2.05, 4.69) is 27.7 Å². The van der Waals surface area contributed by atoms with Crippen LogP contribution in [-0.2, 0) is 0 Å². The molecule has 1 aromatic carbocycles. The van der Waals surface area contributed by atoms with Gasteiger partial charge in [-0.15, -0.1) is 0 Å². The maximum atomic E-state index is 12.1. The first-order valence-electron chi connectivity index (χ1n) is 6.27. The molecule has 1 rings (SSSR count). The number of nitrogens with zero attached hydrogens (tertiary/aromatic N) is 1. The smallest absolute Gasteiger partial charge is 0.253 e. The molecule has 0 radical (unpaired) electrons. The van der Waals surface area contributed by atoms with Gasteiger partial charge < -0.3 is 4.90 Å². The molecule has 17 heavy (non-hydrogen) atoms. The second kappa shape index (κ2) is 5.85. The second-order valence-electron chi connectivity index (χ2n) is 5.36. The Hall–Kier alpha value is -1.31. The van der Waals surface area contributed by atoms with Crippen molar-refractivity contribution >= 4 is 5.91 Å². The number of benzene rings is 1. The van der Waals surface area contributed by atoms with Crippen LogP contribution < -0.4 is 0 Å². The van der Waals surface area contributed by atoms with E-state index in [0.29, 0.717) is 11.8 Å². The lowest BCUT2D eigenvalue weighted by atomic mass is 10.0. The van der Waals surface area contributed by atoms with Crippen molar-refractivity contribution in [3.05, 3.63) is 35.4 Å². The van der Waals surface area contributed by atoms with Crippen LogP contribution in [0.3, 0.4) is 0 Å². The standard InChI is InChI=1S/C15H23NO/c1-11(2)10-16(5)15(17)14-8-6-13(7-9-14)12(3)4/h6-9,11-12H,10H2,1-5H3. The highest BCUT2D eigenvalue weighted by atomic mass is 16.2. The Morgan fingerprint density at radius 1 is 1.12 bits per heavy atom. The zero-order valence-electron chi connectivity index (χ0n) is 11.5. The van der Waals surface area contributed by atoms with Crippen LogP contribution in [0.5, 0.6) is 0 Å². The van der Waals surface area contributed by atoms with Gasteiger partial charge in [0.2, 0.25) is 0 Å². The summed E-state index contributed by atoms with van der Waals surface area (Å²) in [4.78, 5) is 13.9. The van der Waals surface area contributed by atoms with E-state index in [0.717, 1.165) is 12.1 Å². The fraction of sp³-hybridized carbons (Fsp3) is 0.533. The summed E-state index contributed by atoms with van der Waals surface area (Å²) in [5.41, 5.74) is 2.05. The lowest BCUT2D eigenvalue weighted by molar-refractivity contribution is 0.0779. The third-order valence-electron chi connectivity index (χ3n) is 2.81. The Bertz CT molecular complexity index is 365. The van der Waals surface area contributed by atoms with Crippen molar-refractivity contribution in [3.8, 4) is 0 Å². The van der Waals surface area contributed by atoms with E-state index >= 15 is 0 Å². The second-order valence-corrected chi connectivity index (χ2v) is 5.36. The van der Waals surface area contributed by atoms with Crippen molar-refractivity contribution in [1.82, 2.24) is 4.90 Å². The summed E-state index contributed by atoms with van der Waals surface area (Å²) in [6, 6.07) is 7.94. The molecule has 0 atom stereocenters. The van der Waals surface area contributed by atoms with Crippen molar-refractivity contribution in [3.63, 3.8) is 0 Å². The van der Waals surface area contributed by atoms with E-state index in [1.54, 1.807) is 4.90 Å². The predicted octanol–water partition coefficient (Wildman–Crippen LogP) is 3.54. The molecule has 2 nitrogen and oxygen atoms in total. The number of carbonyl (C=O) groups excluding carboxylic acids is 1. The van der Waals surface area contributed by atoms with Crippen molar-refractivity contribution in [2.75, 3.05) is 13.6 Å². The van der Waals surface area contributed by atoms with Gasteiger partial charge in [0.25, 0.3) is 5.91 Å². The van der Waals surface area contributed by atoms with Gasteiger partial charge in [-0.3, -0.25) is 4.79 Å². The van der Waals surface area contributed by atoms with E-state index in [1.165, 1.54) is 5.56 Å². The van der Waals surface area contributed by atoms with Gasteiger partial charge in [-0.1, -0.05) is 39.8 Å². The topological polar surface area (TPSA) is 20.3 Å². The van der Waals surface area contributed by atoms with Crippen LogP contribution in [0.15, 0.2) is 24.3 Å². The monoisotopic (exact) mass is 233 g/mol. The molecule has 0 unspecified atom stereocenters. The molecule has 0 heterocycles. The minimum Gasteiger partial charge on any atom is -0.341 e. The summed E-state index contributed by atoms with van der Waals surface area (Å²) >= 11 is 0. The molecule has 0 aliphatic heterocycles. The van der Waals surface area contributed by atoms with E-state index in [9.17, 15) is 4.79 Å². The van der Waals surface area contributed by atoms with E-state index < -0.39 is 0 Å². The van der Waals surface area contributed by atoms with Gasteiger partial charge in [0, 0.05) is 19.2 Å². The van der Waals surface area contributed by atoms with E-state index in [1.807, 2.05) is 31.3 Å². The van der Waals surface area contributed by atoms with Gasteiger partial charge in [0.05, 0.1) is 0 Å². The van der Waals surface area contributed by atoms with Gasteiger partial charge in [0.1, 0.15) is 0 Å². The number of amides is 1. The Morgan fingerprint density at radius 3 is 2.06 bits per heavy atom. The SMILES string of the molecule is CC(C)CN(C)C(=O)c1ccc(C(C)C)cc1. The highest BCUT2D eigenvalue weighted by molar-refractivity contribution is 5.94. The molecule has 0 N–H and O–H groups in total. The van der Waals surface area contributed by atoms with Crippen LogP contribution in [0.1, 0.15) is 49.5 Å². The highest BCUT2D eigenvalue weighted by Crippen LogP contribution is 2.15. The van der Waals surface area contributed by atoms with Crippen LogP contribution >= 0.6 is 0 Å². The minimum absolute atomic E-state index is 0.106. The Kier molecular flexibility index (Phi) is 4.73. The van der Waals surface area contributed by atoms with Crippen molar-refractivity contribution < 1.29 is 4.79 Å². The fourth-order valence-corrected chi connectivity index (χ4v) is 1.86. The molecule has 94 valence electrons. The summed E-state index contributed by atoms with van der Waals surface area (Å²) < 4.78 is 0. The van der Waals surface area contributed by atoms with Crippen molar-refractivity contribution in [2.45, 2.75) is 33.6 Å². The molecule has 0 saturated carbocycles. The van der Waals surface area contributed by atoms with Crippen LogP contribution in [0.25, 0.3) is 0 Å². The molecular formula is C15H23NO. The van der Waals surface area contributed by atoms with E-state index in [4.69, 9.17) is 0 Å². The first-order valence-corrected chi connectivity index (χ1v) is 6.27. The summed E-state index contributed by atoms with van der Waals surface area (Å²) in [6.45, 7) is 9.34. The average molecular weight is 233 g/mol. The number of carbonyl (C=O) groups is 1. The van der Waals surface area contributed by atoms with Gasteiger partial charge in [-0.25, -0.2) is 0 Å². The summed E-state index contributed by atoms with van der Waals surface area (Å²) in [6.07, 6.45) is 0. The normalized spacial score (nSPS) is 11.0. The Morgan fingerprint density at radius 2 is 1.65 bits per heavy atom. The maximum absolute atomic E-state index is 12.1. The summed E-state index contributed by atoms with van der Waals surface area (Å²) in [5, 5.41) is 0. The van der Waals surface area contributed by atoms with Gasteiger partial charge >= 0.3 is 0 Å². The highest BCUT2D eigenvalue weighted by Gasteiger charge is 2.12. The van der Waals surface area contributed by atoms with Crippen LogP contribution in [0.4, 0.5) is 0 Å². The molecule has 0 saturated heterocycles. The average Bonchev–Trinajstić information content (AvgIpc) is 2.27. The summed E-state index contributed by atoms with van der Waals surface area (Å²) in [7, 11) is 1.86. The molecule has 0 bridgehead atoms. The summed E-state index contributed by atoms with van der Waals surface area (Å²) in [5.74, 6) is 1.11. The molecule has 0 aliphatic rings. The molecule has 0 aliphatic carbocycles. The minimum atomic E-state index is 0.106. The third-order valence-corrected chi connectivity index (χ3v) is 2.81.